The number of hydrogen-bond acceptors (Lipinski definition) is 5. The van der Waals surface area contributed by atoms with Crippen molar-refractivity contribution in [3.8, 4) is 0 Å². The molecule has 108 valence electrons. The number of nitrogens with zero attached hydrogens (tertiary/aromatic N) is 2. The van der Waals surface area contributed by atoms with E-state index in [2.05, 4.69) is 20.3 Å². The summed E-state index contributed by atoms with van der Waals surface area (Å²) < 4.78 is 4.60. The third kappa shape index (κ3) is 3.68. The summed E-state index contributed by atoms with van der Waals surface area (Å²) in [5, 5.41) is 10.2. The molecule has 21 heavy (non-hydrogen) atoms. The van der Waals surface area contributed by atoms with Gasteiger partial charge in [-0.1, -0.05) is 23.2 Å². The Morgan fingerprint density at radius 1 is 1.14 bits per heavy atom. The number of aromatic nitrogens is 2. The maximum absolute atomic E-state index is 12.0. The summed E-state index contributed by atoms with van der Waals surface area (Å²) in [6.07, 6.45) is 0. The molecule has 1 N–H and O–H groups in total. The first-order chi connectivity index (χ1) is 10.0. The van der Waals surface area contributed by atoms with E-state index in [0.717, 1.165) is 0 Å². The molecule has 8 heteroatoms. The Balaban J connectivity index is 2.24. The number of methoxy groups -OCH3 is 1. The lowest BCUT2D eigenvalue weighted by molar-refractivity contribution is 0.0600. The Labute approximate surface area is 130 Å². The van der Waals surface area contributed by atoms with Crippen LogP contribution in [0.25, 0.3) is 0 Å². The maximum Gasteiger partial charge on any atom is 0.337 e. The molecule has 1 aromatic heterocycles. The molecule has 2 rings (SSSR count). The average molecular weight is 326 g/mol. The molecule has 0 saturated heterocycles. The smallest absolute Gasteiger partial charge is 0.337 e. The first-order valence-electron chi connectivity index (χ1n) is 5.69. The van der Waals surface area contributed by atoms with Crippen LogP contribution in [0, 0.1) is 0 Å². The maximum atomic E-state index is 12.0. The van der Waals surface area contributed by atoms with Gasteiger partial charge in [0, 0.05) is 0 Å². The predicted octanol–water partition coefficient (Wildman–Crippen LogP) is 2.82. The van der Waals surface area contributed by atoms with Crippen molar-refractivity contribution in [1.82, 2.24) is 10.2 Å². The molecule has 0 aliphatic heterocycles. The Bertz CT molecular complexity index is 690. The van der Waals surface area contributed by atoms with E-state index in [1.54, 1.807) is 0 Å². The Morgan fingerprint density at radius 3 is 2.52 bits per heavy atom. The van der Waals surface area contributed by atoms with Crippen LogP contribution in [0.2, 0.25) is 10.2 Å². The van der Waals surface area contributed by atoms with Gasteiger partial charge in [-0.25, -0.2) is 4.79 Å². The Morgan fingerprint density at radius 2 is 1.90 bits per heavy atom. The molecule has 2 aromatic rings. The van der Waals surface area contributed by atoms with Gasteiger partial charge in [0.1, 0.15) is 0 Å². The van der Waals surface area contributed by atoms with Crippen molar-refractivity contribution in [3.63, 3.8) is 0 Å². The summed E-state index contributed by atoms with van der Waals surface area (Å²) in [5.74, 6) is -1.06. The van der Waals surface area contributed by atoms with Gasteiger partial charge in [0.05, 0.1) is 23.4 Å². The second kappa shape index (κ2) is 6.51. The fraction of sp³-hybridized carbons (Fsp3) is 0.0769. The molecule has 0 unspecified atom stereocenters. The van der Waals surface area contributed by atoms with Crippen molar-refractivity contribution in [2.45, 2.75) is 0 Å². The first-order valence-corrected chi connectivity index (χ1v) is 6.45. The van der Waals surface area contributed by atoms with Crippen LogP contribution in [0.15, 0.2) is 30.3 Å². The van der Waals surface area contributed by atoms with E-state index in [9.17, 15) is 9.59 Å². The molecular formula is C13H9Cl2N3O3. The van der Waals surface area contributed by atoms with E-state index >= 15 is 0 Å². The highest BCUT2D eigenvalue weighted by atomic mass is 35.5. The van der Waals surface area contributed by atoms with Crippen molar-refractivity contribution in [2.75, 3.05) is 12.4 Å². The monoisotopic (exact) mass is 325 g/mol. The Kier molecular flexibility index (Phi) is 4.72. The molecular weight excluding hydrogens is 317 g/mol. The Hall–Kier alpha value is -2.18. The van der Waals surface area contributed by atoms with Crippen LogP contribution in [-0.2, 0) is 4.74 Å². The molecule has 1 heterocycles. The number of hydrogen-bond donors (Lipinski definition) is 1. The van der Waals surface area contributed by atoms with Gasteiger partial charge in [-0.3, -0.25) is 4.79 Å². The van der Waals surface area contributed by atoms with Gasteiger partial charge in [-0.15, -0.1) is 10.2 Å². The van der Waals surface area contributed by atoms with Crippen molar-refractivity contribution in [3.05, 3.63) is 51.8 Å². The zero-order valence-electron chi connectivity index (χ0n) is 10.8. The van der Waals surface area contributed by atoms with Crippen LogP contribution in [-0.4, -0.2) is 29.2 Å². The molecule has 1 aromatic carbocycles. The van der Waals surface area contributed by atoms with E-state index in [1.807, 2.05) is 0 Å². The van der Waals surface area contributed by atoms with Gasteiger partial charge in [0.2, 0.25) is 0 Å². The fourth-order valence-corrected chi connectivity index (χ4v) is 1.75. The van der Waals surface area contributed by atoms with E-state index in [1.165, 1.54) is 37.4 Å². The molecule has 0 atom stereocenters. The van der Waals surface area contributed by atoms with Gasteiger partial charge >= 0.3 is 5.97 Å². The molecule has 0 fully saturated rings. The number of halogens is 2. The zero-order valence-corrected chi connectivity index (χ0v) is 12.3. The van der Waals surface area contributed by atoms with Gasteiger partial charge < -0.3 is 10.1 Å². The minimum atomic E-state index is -0.534. The lowest BCUT2D eigenvalue weighted by atomic mass is 10.2. The van der Waals surface area contributed by atoms with Crippen LogP contribution in [0.4, 0.5) is 5.69 Å². The van der Waals surface area contributed by atoms with Crippen LogP contribution in [0.5, 0.6) is 0 Å². The minimum Gasteiger partial charge on any atom is -0.465 e. The summed E-state index contributed by atoms with van der Waals surface area (Å²) in [7, 11) is 1.26. The minimum absolute atomic E-state index is 0.0685. The van der Waals surface area contributed by atoms with Crippen molar-refractivity contribution in [1.29, 1.82) is 0 Å². The summed E-state index contributed by atoms with van der Waals surface area (Å²) in [5.41, 5.74) is 0.597. The second-order valence-electron chi connectivity index (χ2n) is 3.88. The molecule has 1 amide bonds. The lowest BCUT2D eigenvalue weighted by Crippen LogP contribution is -2.15. The number of ether oxygens (including phenoxy) is 1. The van der Waals surface area contributed by atoms with E-state index in [-0.39, 0.29) is 27.1 Å². The van der Waals surface area contributed by atoms with Crippen LogP contribution in [0.1, 0.15) is 20.8 Å². The van der Waals surface area contributed by atoms with Crippen LogP contribution < -0.4 is 5.32 Å². The zero-order chi connectivity index (χ0) is 15.4. The van der Waals surface area contributed by atoms with Gasteiger partial charge in [0.25, 0.3) is 5.91 Å². The number of carbonyl (C=O) groups excluding carboxylic acids is 2. The van der Waals surface area contributed by atoms with Gasteiger partial charge in [-0.2, -0.15) is 0 Å². The molecule has 0 radical (unpaired) electrons. The van der Waals surface area contributed by atoms with E-state index in [4.69, 9.17) is 23.2 Å². The molecule has 0 aliphatic carbocycles. The molecule has 0 aliphatic rings. The quantitative estimate of drug-likeness (QED) is 0.877. The van der Waals surface area contributed by atoms with E-state index in [0.29, 0.717) is 0 Å². The summed E-state index contributed by atoms with van der Waals surface area (Å²) >= 11 is 11.6. The summed E-state index contributed by atoms with van der Waals surface area (Å²) in [6.45, 7) is 0. The van der Waals surface area contributed by atoms with Crippen LogP contribution >= 0.6 is 23.2 Å². The van der Waals surface area contributed by atoms with Crippen molar-refractivity contribution < 1.29 is 14.3 Å². The molecule has 6 nitrogen and oxygen atoms in total. The normalized spacial score (nSPS) is 10.0. The highest BCUT2D eigenvalue weighted by molar-refractivity contribution is 6.34. The fourth-order valence-electron chi connectivity index (χ4n) is 1.49. The topological polar surface area (TPSA) is 81.2 Å². The van der Waals surface area contributed by atoms with Gasteiger partial charge in [-0.05, 0) is 30.3 Å². The molecule has 0 spiro atoms. The standard InChI is InChI=1S/C13H9Cl2N3O3/c1-21-13(20)7-2-3-8(14)10(6-7)16-12(19)9-4-5-11(15)18-17-9/h2-6H,1H3,(H,16,19). The molecule has 0 saturated carbocycles. The van der Waals surface area contributed by atoms with E-state index < -0.39 is 11.9 Å². The first kappa shape index (κ1) is 15.2. The van der Waals surface area contributed by atoms with Crippen molar-refractivity contribution >= 4 is 40.8 Å². The SMILES string of the molecule is COC(=O)c1ccc(Cl)c(NC(=O)c2ccc(Cl)nn2)c1. The third-order valence-corrected chi connectivity index (χ3v) is 3.03. The van der Waals surface area contributed by atoms with Gasteiger partial charge in [0.15, 0.2) is 10.8 Å². The number of carbonyl (C=O) groups is 2. The number of rotatable bonds is 3. The second-order valence-corrected chi connectivity index (χ2v) is 4.68. The molecule has 0 bridgehead atoms. The number of amides is 1. The van der Waals surface area contributed by atoms with Crippen molar-refractivity contribution in [2.24, 2.45) is 0 Å². The largest absolute Gasteiger partial charge is 0.465 e. The van der Waals surface area contributed by atoms with Crippen LogP contribution in [0.3, 0.4) is 0 Å². The summed E-state index contributed by atoms with van der Waals surface area (Å²) in [6, 6.07) is 7.25. The number of anilines is 1. The number of esters is 1. The number of benzene rings is 1. The summed E-state index contributed by atoms with van der Waals surface area (Å²) in [4.78, 5) is 23.5. The third-order valence-electron chi connectivity index (χ3n) is 2.50. The highest BCUT2D eigenvalue weighted by Crippen LogP contribution is 2.24. The average Bonchev–Trinajstić information content (AvgIpc) is 2.49. The number of nitrogens with one attached hydrogen (secondary N) is 1. The highest BCUT2D eigenvalue weighted by Gasteiger charge is 2.13. The lowest BCUT2D eigenvalue weighted by Gasteiger charge is -2.08. The predicted molar refractivity (Wildman–Crippen MR) is 77.8 cm³/mol.